The number of H-pyrrole nitrogens is 1. The largest absolute Gasteiger partial charge is 0.290 e. The highest BCUT2D eigenvalue weighted by Gasteiger charge is 2.31. The van der Waals surface area contributed by atoms with Gasteiger partial charge in [-0.1, -0.05) is 0 Å². The number of anilines is 1. The van der Waals surface area contributed by atoms with Gasteiger partial charge < -0.3 is 0 Å². The molecule has 18 heavy (non-hydrogen) atoms. The molecule has 1 aliphatic carbocycles. The summed E-state index contributed by atoms with van der Waals surface area (Å²) in [5.41, 5.74) is 2.83. The molecular weight excluding hydrogens is 230 g/mol. The molecule has 2 aromatic rings. The van der Waals surface area contributed by atoms with Crippen molar-refractivity contribution < 1.29 is 4.79 Å². The molecule has 4 rings (SSSR count). The van der Waals surface area contributed by atoms with Crippen LogP contribution in [0.15, 0.2) is 12.3 Å². The Morgan fingerprint density at radius 1 is 1.33 bits per heavy atom. The first-order chi connectivity index (χ1) is 8.84. The Balaban J connectivity index is 1.72. The van der Waals surface area contributed by atoms with E-state index < -0.39 is 0 Å². The van der Waals surface area contributed by atoms with Gasteiger partial charge in [0.25, 0.3) is 5.91 Å². The topological polar surface area (TPSA) is 66.8 Å². The lowest BCUT2D eigenvalue weighted by Gasteiger charge is -2.13. The number of aromatic nitrogens is 4. The Morgan fingerprint density at radius 3 is 3.22 bits per heavy atom. The van der Waals surface area contributed by atoms with Gasteiger partial charge in [0.05, 0.1) is 12.7 Å². The molecule has 1 amide bonds. The predicted molar refractivity (Wildman–Crippen MR) is 64.5 cm³/mol. The van der Waals surface area contributed by atoms with Crippen LogP contribution in [0.5, 0.6) is 0 Å². The van der Waals surface area contributed by atoms with Crippen molar-refractivity contribution in [2.45, 2.75) is 25.8 Å². The molecule has 0 saturated heterocycles. The first kappa shape index (κ1) is 9.87. The number of hydrogen-bond acceptors (Lipinski definition) is 3. The van der Waals surface area contributed by atoms with Gasteiger partial charge >= 0.3 is 0 Å². The molecule has 1 aliphatic heterocycles. The van der Waals surface area contributed by atoms with E-state index in [2.05, 4.69) is 15.3 Å². The lowest BCUT2D eigenvalue weighted by atomic mass is 10.2. The van der Waals surface area contributed by atoms with E-state index in [1.807, 2.05) is 10.7 Å². The predicted octanol–water partition coefficient (Wildman–Crippen LogP) is 0.755. The van der Waals surface area contributed by atoms with E-state index in [4.69, 9.17) is 0 Å². The van der Waals surface area contributed by atoms with Gasteiger partial charge in [0.15, 0.2) is 5.69 Å². The lowest BCUT2D eigenvalue weighted by Crippen LogP contribution is -2.29. The number of rotatable bonds is 1. The molecule has 6 heteroatoms. The first-order valence-corrected chi connectivity index (χ1v) is 6.24. The third kappa shape index (κ3) is 1.20. The number of carbonyl (C=O) groups excluding carboxylic acids is 1. The van der Waals surface area contributed by atoms with Crippen molar-refractivity contribution in [1.82, 2.24) is 20.0 Å². The number of amides is 1. The van der Waals surface area contributed by atoms with Crippen molar-refractivity contribution >= 4 is 11.7 Å². The smallest absolute Gasteiger partial charge is 0.280 e. The molecule has 0 saturated carbocycles. The minimum atomic E-state index is -0.00588. The number of nitrogens with zero attached hydrogens (tertiary/aromatic N) is 4. The summed E-state index contributed by atoms with van der Waals surface area (Å²) in [7, 11) is 0. The fourth-order valence-corrected chi connectivity index (χ4v) is 2.87. The molecule has 2 aromatic heterocycles. The number of fused-ring (bicyclic) bond motifs is 2. The second-order valence-corrected chi connectivity index (χ2v) is 4.75. The van der Waals surface area contributed by atoms with E-state index in [9.17, 15) is 4.79 Å². The van der Waals surface area contributed by atoms with Gasteiger partial charge in [-0.3, -0.25) is 14.8 Å². The molecular formula is C12H13N5O. The number of aryl methyl sites for hydroxylation is 1. The average Bonchev–Trinajstić information content (AvgIpc) is 3.08. The fraction of sp³-hybridized carbons (Fsp3) is 0.417. The van der Waals surface area contributed by atoms with Crippen molar-refractivity contribution in [3.05, 3.63) is 29.2 Å². The maximum Gasteiger partial charge on any atom is 0.280 e. The van der Waals surface area contributed by atoms with Crippen LogP contribution in [0.1, 0.15) is 28.2 Å². The number of hydrogen-bond donors (Lipinski definition) is 1. The SMILES string of the molecule is O=C(c1n[nH]c2c1CCC2)N1CCn2nccc21. The van der Waals surface area contributed by atoms with Crippen LogP contribution in [0.4, 0.5) is 5.82 Å². The minimum Gasteiger partial charge on any atom is -0.290 e. The zero-order valence-electron chi connectivity index (χ0n) is 9.89. The van der Waals surface area contributed by atoms with Crippen molar-refractivity contribution in [3.8, 4) is 0 Å². The van der Waals surface area contributed by atoms with Gasteiger partial charge in [0.2, 0.25) is 0 Å². The maximum atomic E-state index is 12.5. The summed E-state index contributed by atoms with van der Waals surface area (Å²) in [6.45, 7) is 1.45. The normalized spacial score (nSPS) is 17.0. The van der Waals surface area contributed by atoms with Crippen LogP contribution < -0.4 is 4.90 Å². The van der Waals surface area contributed by atoms with E-state index >= 15 is 0 Å². The van der Waals surface area contributed by atoms with Crippen LogP contribution in [-0.4, -0.2) is 32.4 Å². The van der Waals surface area contributed by atoms with Crippen molar-refractivity contribution in [2.24, 2.45) is 0 Å². The standard InChI is InChI=1S/C12H13N5O/c18-12(11-8-2-1-3-9(8)14-15-11)16-6-7-17-10(16)4-5-13-17/h4-5H,1-3,6-7H2,(H,14,15). The van der Waals surface area contributed by atoms with E-state index in [0.717, 1.165) is 42.9 Å². The molecule has 0 unspecified atom stereocenters. The molecule has 2 aliphatic rings. The van der Waals surface area contributed by atoms with Gasteiger partial charge in [-0.15, -0.1) is 0 Å². The first-order valence-electron chi connectivity index (χ1n) is 6.24. The van der Waals surface area contributed by atoms with E-state index in [-0.39, 0.29) is 5.91 Å². The molecule has 0 spiro atoms. The zero-order valence-corrected chi connectivity index (χ0v) is 9.89. The van der Waals surface area contributed by atoms with Crippen LogP contribution in [-0.2, 0) is 19.4 Å². The lowest BCUT2D eigenvalue weighted by molar-refractivity contribution is 0.0983. The van der Waals surface area contributed by atoms with Crippen LogP contribution in [0.2, 0.25) is 0 Å². The van der Waals surface area contributed by atoms with Crippen molar-refractivity contribution in [3.63, 3.8) is 0 Å². The van der Waals surface area contributed by atoms with E-state index in [1.54, 1.807) is 11.1 Å². The molecule has 0 radical (unpaired) electrons. The molecule has 0 fully saturated rings. The minimum absolute atomic E-state index is 0.00588. The van der Waals surface area contributed by atoms with Crippen LogP contribution in [0.3, 0.4) is 0 Å². The highest BCUT2D eigenvalue weighted by Crippen LogP contribution is 2.27. The second-order valence-electron chi connectivity index (χ2n) is 4.75. The van der Waals surface area contributed by atoms with Gasteiger partial charge in [0.1, 0.15) is 5.82 Å². The number of nitrogens with one attached hydrogen (secondary N) is 1. The third-order valence-corrected chi connectivity index (χ3v) is 3.76. The second kappa shape index (κ2) is 3.44. The Kier molecular flexibility index (Phi) is 1.89. The Bertz CT molecular complexity index is 626. The van der Waals surface area contributed by atoms with Crippen LogP contribution in [0.25, 0.3) is 0 Å². The summed E-state index contributed by atoms with van der Waals surface area (Å²) < 4.78 is 1.85. The quantitative estimate of drug-likeness (QED) is 0.804. The summed E-state index contributed by atoms with van der Waals surface area (Å²) >= 11 is 0. The molecule has 3 heterocycles. The molecule has 6 nitrogen and oxygen atoms in total. The van der Waals surface area contributed by atoms with Crippen LogP contribution >= 0.6 is 0 Å². The summed E-state index contributed by atoms with van der Waals surface area (Å²) in [6.07, 6.45) is 4.80. The molecule has 0 atom stereocenters. The Morgan fingerprint density at radius 2 is 2.28 bits per heavy atom. The monoisotopic (exact) mass is 243 g/mol. The van der Waals surface area contributed by atoms with Gasteiger partial charge in [-0.2, -0.15) is 10.2 Å². The number of carbonyl (C=O) groups is 1. The van der Waals surface area contributed by atoms with Crippen LogP contribution in [0, 0.1) is 0 Å². The fourth-order valence-electron chi connectivity index (χ4n) is 2.87. The third-order valence-electron chi connectivity index (χ3n) is 3.76. The molecule has 0 bridgehead atoms. The Hall–Kier alpha value is -2.11. The van der Waals surface area contributed by atoms with Gasteiger partial charge in [-0.05, 0) is 19.3 Å². The summed E-state index contributed by atoms with van der Waals surface area (Å²) in [6, 6.07) is 1.87. The van der Waals surface area contributed by atoms with Gasteiger partial charge in [0, 0.05) is 23.9 Å². The maximum absolute atomic E-state index is 12.5. The highest BCUT2D eigenvalue weighted by atomic mass is 16.2. The number of aromatic amines is 1. The van der Waals surface area contributed by atoms with E-state index in [0.29, 0.717) is 12.2 Å². The van der Waals surface area contributed by atoms with E-state index in [1.165, 1.54) is 0 Å². The molecule has 92 valence electrons. The Labute approximate surface area is 104 Å². The molecule has 0 aromatic carbocycles. The summed E-state index contributed by atoms with van der Waals surface area (Å²) in [5, 5.41) is 11.4. The average molecular weight is 243 g/mol. The highest BCUT2D eigenvalue weighted by molar-refractivity contribution is 6.05. The summed E-state index contributed by atoms with van der Waals surface area (Å²) in [5.74, 6) is 0.864. The summed E-state index contributed by atoms with van der Waals surface area (Å²) in [4.78, 5) is 14.3. The van der Waals surface area contributed by atoms with Crippen molar-refractivity contribution in [1.29, 1.82) is 0 Å². The van der Waals surface area contributed by atoms with Gasteiger partial charge in [-0.25, -0.2) is 4.68 Å². The van der Waals surface area contributed by atoms with Crippen molar-refractivity contribution in [2.75, 3.05) is 11.4 Å². The zero-order chi connectivity index (χ0) is 12.1. The molecule has 1 N–H and O–H groups in total.